The van der Waals surface area contributed by atoms with Crippen LogP contribution in [0, 0.1) is 20.8 Å². The van der Waals surface area contributed by atoms with E-state index in [1.54, 1.807) is 52.0 Å². The van der Waals surface area contributed by atoms with Gasteiger partial charge in [0.2, 0.25) is 5.91 Å². The van der Waals surface area contributed by atoms with Gasteiger partial charge in [0.25, 0.3) is 5.24 Å². The zero-order valence-electron chi connectivity index (χ0n) is 22.4. The number of carboxylic acid groups (broad SMARTS) is 2. The molecule has 2 N–H and O–H groups in total. The molecule has 212 valence electrons. The van der Waals surface area contributed by atoms with E-state index in [2.05, 4.69) is 0 Å². The first-order valence-corrected chi connectivity index (χ1v) is 13.3. The minimum absolute atomic E-state index is 0.0433. The number of amides is 2. The number of aliphatic carboxylic acids is 2. The number of benzene rings is 2. The van der Waals surface area contributed by atoms with Crippen molar-refractivity contribution in [3.63, 3.8) is 0 Å². The summed E-state index contributed by atoms with van der Waals surface area (Å²) in [5.74, 6) is -1.73. The van der Waals surface area contributed by atoms with Gasteiger partial charge in [-0.25, -0.2) is 4.79 Å². The Labute approximate surface area is 234 Å². The number of thioether (sulfide) groups is 1. The zero-order chi connectivity index (χ0) is 29.4. The average molecular weight is 572 g/mol. The van der Waals surface area contributed by atoms with Crippen molar-refractivity contribution in [3.8, 4) is 17.2 Å². The third kappa shape index (κ3) is 5.91. The fourth-order valence-corrected chi connectivity index (χ4v) is 5.80. The maximum absolute atomic E-state index is 13.2. The van der Waals surface area contributed by atoms with Crippen molar-refractivity contribution in [2.45, 2.75) is 51.4 Å². The van der Waals surface area contributed by atoms with Gasteiger partial charge in [-0.3, -0.25) is 24.1 Å². The quantitative estimate of drug-likeness (QED) is 0.430. The van der Waals surface area contributed by atoms with Crippen molar-refractivity contribution in [2.75, 3.05) is 19.8 Å². The standard InChI is InChI=1S/C28H29NO10S/c1-14-15(2)25-23(16(3)24(14)37-12-22(33)34)19(30)10-28(4,39-25)13-38-18-7-5-17(6-8-18)9-20-26(35)29(11-21(31)32)27(36)40-20/h5-8,20H,9-13H2,1-4H3,(H,31,32)(H,33,34). The Balaban J connectivity index is 1.42. The number of carboxylic acids is 2. The molecule has 11 nitrogen and oxygen atoms in total. The van der Waals surface area contributed by atoms with Crippen molar-refractivity contribution in [1.29, 1.82) is 0 Å². The number of Topliss-reactive ketones (excluding diaryl/α,β-unsaturated/α-hetero) is 1. The minimum atomic E-state index is -1.25. The molecule has 2 aromatic rings. The van der Waals surface area contributed by atoms with E-state index in [1.807, 2.05) is 0 Å². The number of ether oxygens (including phenoxy) is 3. The molecule has 2 unspecified atom stereocenters. The Morgan fingerprint density at radius 1 is 1.02 bits per heavy atom. The summed E-state index contributed by atoms with van der Waals surface area (Å²) in [7, 11) is 0. The van der Waals surface area contributed by atoms with Crippen LogP contribution < -0.4 is 14.2 Å². The van der Waals surface area contributed by atoms with Crippen LogP contribution in [0.3, 0.4) is 0 Å². The first-order chi connectivity index (χ1) is 18.8. The highest BCUT2D eigenvalue weighted by Crippen LogP contribution is 2.44. The maximum Gasteiger partial charge on any atom is 0.341 e. The number of hydrogen-bond donors (Lipinski definition) is 2. The number of rotatable bonds is 10. The predicted octanol–water partition coefficient (Wildman–Crippen LogP) is 3.57. The Bertz CT molecular complexity index is 1400. The van der Waals surface area contributed by atoms with Gasteiger partial charge in [0.1, 0.15) is 36.0 Å². The maximum atomic E-state index is 13.2. The SMILES string of the molecule is Cc1c(C)c2c(c(C)c1OCC(=O)O)C(=O)CC(C)(COc1ccc(CC3SC(=O)N(CC(=O)O)C3=O)cc1)O2. The molecule has 1 fully saturated rings. The lowest BCUT2D eigenvalue weighted by Crippen LogP contribution is -2.45. The van der Waals surface area contributed by atoms with Crippen LogP contribution in [0.25, 0.3) is 0 Å². The molecule has 40 heavy (non-hydrogen) atoms. The van der Waals surface area contributed by atoms with Crippen molar-refractivity contribution in [1.82, 2.24) is 4.90 Å². The first-order valence-electron chi connectivity index (χ1n) is 12.5. The third-order valence-corrected chi connectivity index (χ3v) is 7.95. The molecule has 0 saturated carbocycles. The lowest BCUT2D eigenvalue weighted by Gasteiger charge is -2.37. The summed E-state index contributed by atoms with van der Waals surface area (Å²) in [6, 6.07) is 6.94. The number of carbonyl (C=O) groups is 5. The molecule has 0 aliphatic carbocycles. The van der Waals surface area contributed by atoms with Crippen LogP contribution in [0.5, 0.6) is 17.2 Å². The van der Waals surface area contributed by atoms with Crippen LogP contribution in [-0.4, -0.2) is 74.6 Å². The van der Waals surface area contributed by atoms with Gasteiger partial charge in [-0.05, 0) is 62.9 Å². The summed E-state index contributed by atoms with van der Waals surface area (Å²) in [5.41, 5.74) is 2.10. The second kappa shape index (κ2) is 11.2. The van der Waals surface area contributed by atoms with E-state index in [0.717, 1.165) is 22.2 Å². The number of carbonyl (C=O) groups excluding carboxylic acids is 3. The fraction of sp³-hybridized carbons (Fsp3) is 0.393. The third-order valence-electron chi connectivity index (χ3n) is 6.88. The van der Waals surface area contributed by atoms with Crippen LogP contribution in [0.2, 0.25) is 0 Å². The van der Waals surface area contributed by atoms with Crippen LogP contribution in [-0.2, 0) is 20.8 Å². The van der Waals surface area contributed by atoms with Crippen molar-refractivity contribution < 1.29 is 48.4 Å². The van der Waals surface area contributed by atoms with Gasteiger partial charge in [-0.15, -0.1) is 0 Å². The summed E-state index contributed by atoms with van der Waals surface area (Å²) in [5, 5.41) is 16.6. The summed E-state index contributed by atoms with van der Waals surface area (Å²) in [4.78, 5) is 60.3. The van der Waals surface area contributed by atoms with Gasteiger partial charge in [0.05, 0.1) is 17.2 Å². The molecule has 0 radical (unpaired) electrons. The van der Waals surface area contributed by atoms with E-state index in [-0.39, 0.29) is 25.2 Å². The summed E-state index contributed by atoms with van der Waals surface area (Å²) in [6.07, 6.45) is 0.301. The summed E-state index contributed by atoms with van der Waals surface area (Å²) >= 11 is 0.814. The largest absolute Gasteiger partial charge is 0.489 e. The molecule has 12 heteroatoms. The smallest absolute Gasteiger partial charge is 0.341 e. The Morgan fingerprint density at radius 3 is 2.33 bits per heavy atom. The normalized spacial score (nSPS) is 20.2. The molecular formula is C28H29NO10S. The topological polar surface area (TPSA) is 157 Å². The molecule has 2 aromatic carbocycles. The van der Waals surface area contributed by atoms with Crippen LogP contribution in [0.1, 0.15) is 46.0 Å². The van der Waals surface area contributed by atoms with E-state index in [4.69, 9.17) is 24.4 Å². The molecule has 2 amide bonds. The van der Waals surface area contributed by atoms with E-state index in [1.165, 1.54) is 0 Å². The van der Waals surface area contributed by atoms with E-state index >= 15 is 0 Å². The number of ketones is 1. The lowest BCUT2D eigenvalue weighted by atomic mass is 9.86. The highest BCUT2D eigenvalue weighted by Gasteiger charge is 2.41. The Morgan fingerprint density at radius 2 is 1.70 bits per heavy atom. The number of nitrogens with zero attached hydrogens (tertiary/aromatic N) is 1. The van der Waals surface area contributed by atoms with Gasteiger partial charge in [0.15, 0.2) is 12.4 Å². The van der Waals surface area contributed by atoms with E-state index < -0.39 is 47.1 Å². The van der Waals surface area contributed by atoms with Gasteiger partial charge >= 0.3 is 11.9 Å². The molecule has 2 atom stereocenters. The molecule has 0 spiro atoms. The van der Waals surface area contributed by atoms with E-state index in [0.29, 0.717) is 39.5 Å². The number of hydrogen-bond acceptors (Lipinski definition) is 9. The van der Waals surface area contributed by atoms with Crippen LogP contribution in [0.15, 0.2) is 24.3 Å². The number of imide groups is 1. The molecule has 2 aliphatic rings. The molecule has 4 rings (SSSR count). The molecule has 0 bridgehead atoms. The summed E-state index contributed by atoms with van der Waals surface area (Å²) in [6.45, 7) is 5.97. The van der Waals surface area contributed by atoms with Gasteiger partial charge in [0, 0.05) is 5.56 Å². The molecular weight excluding hydrogens is 542 g/mol. The second-order valence-electron chi connectivity index (χ2n) is 10.1. The summed E-state index contributed by atoms with van der Waals surface area (Å²) < 4.78 is 17.7. The highest BCUT2D eigenvalue weighted by molar-refractivity contribution is 8.15. The second-order valence-corrected chi connectivity index (χ2v) is 11.2. The van der Waals surface area contributed by atoms with E-state index in [9.17, 15) is 24.0 Å². The Kier molecular flexibility index (Phi) is 8.10. The molecule has 0 aromatic heterocycles. The van der Waals surface area contributed by atoms with Crippen molar-refractivity contribution >= 4 is 40.6 Å². The first kappa shape index (κ1) is 28.9. The fourth-order valence-electron chi connectivity index (χ4n) is 4.78. The van der Waals surface area contributed by atoms with Gasteiger partial charge in [-0.2, -0.15) is 0 Å². The molecule has 2 heterocycles. The Hall–Kier alpha value is -4.06. The van der Waals surface area contributed by atoms with Crippen LogP contribution >= 0.6 is 11.8 Å². The van der Waals surface area contributed by atoms with Crippen molar-refractivity contribution in [3.05, 3.63) is 52.1 Å². The monoisotopic (exact) mass is 571 g/mol. The molecule has 2 aliphatic heterocycles. The van der Waals surface area contributed by atoms with Crippen molar-refractivity contribution in [2.24, 2.45) is 0 Å². The van der Waals surface area contributed by atoms with Gasteiger partial charge < -0.3 is 24.4 Å². The van der Waals surface area contributed by atoms with Gasteiger partial charge in [-0.1, -0.05) is 23.9 Å². The number of fused-ring (bicyclic) bond motifs is 1. The zero-order valence-corrected chi connectivity index (χ0v) is 23.3. The minimum Gasteiger partial charge on any atom is -0.489 e. The highest BCUT2D eigenvalue weighted by atomic mass is 32.2. The predicted molar refractivity (Wildman–Crippen MR) is 144 cm³/mol. The average Bonchev–Trinajstić information content (AvgIpc) is 3.13. The lowest BCUT2D eigenvalue weighted by molar-refractivity contribution is -0.141. The van der Waals surface area contributed by atoms with Crippen LogP contribution in [0.4, 0.5) is 4.79 Å². The molecule has 1 saturated heterocycles.